The Morgan fingerprint density at radius 2 is 1.44 bits per heavy atom. The fourth-order valence-corrected chi connectivity index (χ4v) is 6.76. The van der Waals surface area contributed by atoms with Crippen LogP contribution in [0.4, 0.5) is 11.4 Å². The Morgan fingerprint density at radius 1 is 0.867 bits per heavy atom. The van der Waals surface area contributed by atoms with Crippen LogP contribution in [0, 0.1) is 0 Å². The Balaban J connectivity index is 1.83. The van der Waals surface area contributed by atoms with Gasteiger partial charge in [0.05, 0.1) is 65.2 Å². The van der Waals surface area contributed by atoms with Crippen LogP contribution >= 0.6 is 46.4 Å². The van der Waals surface area contributed by atoms with Crippen LogP contribution in [0.5, 0.6) is 0 Å². The monoisotopic (exact) mass is 738 g/mol. The fraction of sp³-hybridized carbons (Fsp3) is 0.414. The third-order valence-corrected chi connectivity index (χ3v) is 11.9. The van der Waals surface area contributed by atoms with E-state index in [9.17, 15) is 25.9 Å². The Bertz CT molecular complexity index is 1890. The summed E-state index contributed by atoms with van der Waals surface area (Å²) in [5.41, 5.74) is 3.04. The van der Waals surface area contributed by atoms with E-state index < -0.39 is 30.7 Å². The molecule has 1 aromatic heterocycles. The Hall–Kier alpha value is -2.03. The summed E-state index contributed by atoms with van der Waals surface area (Å²) in [6.07, 6.45) is 5.80. The van der Waals surface area contributed by atoms with Gasteiger partial charge in [0.25, 0.3) is 15.9 Å². The zero-order chi connectivity index (χ0) is 33.4. The van der Waals surface area contributed by atoms with Crippen molar-refractivity contribution >= 4 is 95.1 Å². The second-order valence-electron chi connectivity index (χ2n) is 10.8. The molecule has 10 nitrogen and oxygen atoms in total. The number of rotatable bonds is 12. The first kappa shape index (κ1) is 35.8. The van der Waals surface area contributed by atoms with Crippen molar-refractivity contribution < 1.29 is 30.5 Å². The largest absolute Gasteiger partial charge is 0.748 e. The van der Waals surface area contributed by atoms with Gasteiger partial charge in [-0.2, -0.15) is 8.42 Å². The van der Waals surface area contributed by atoms with Crippen molar-refractivity contribution in [3.8, 4) is 0 Å². The topological polar surface area (TPSA) is 127 Å². The van der Waals surface area contributed by atoms with Gasteiger partial charge in [-0.1, -0.05) is 52.5 Å². The van der Waals surface area contributed by atoms with Crippen molar-refractivity contribution in [3.63, 3.8) is 0 Å². The van der Waals surface area contributed by atoms with Crippen LogP contribution in [0.3, 0.4) is 0 Å². The highest BCUT2D eigenvalue weighted by molar-refractivity contribution is 7.86. The third kappa shape index (κ3) is 7.59. The standard InChI is InChI=1S/C29H34Cl4N4O6S2/c1-5-34-24-14-20(30)22(32)16-26(24)36(12-10-18(3)44(38,39)40)28(34)8-7-9-29-35(6-2)25-15-21(31)23(33)17-27(25)37(29)13-11-19(4)45(41,42)43/h7-9,14-19H,5-6,10-13H2,1-4H3,(H-,38,39,40,41,42,43). The minimum absolute atomic E-state index is 0.0850. The highest BCUT2D eigenvalue weighted by Crippen LogP contribution is 2.45. The van der Waals surface area contributed by atoms with E-state index >= 15 is 0 Å². The van der Waals surface area contributed by atoms with E-state index in [1.807, 2.05) is 51.0 Å². The van der Waals surface area contributed by atoms with Gasteiger partial charge in [0, 0.05) is 37.7 Å². The molecule has 1 N–H and O–H groups in total. The van der Waals surface area contributed by atoms with Crippen LogP contribution < -0.4 is 14.4 Å². The average molecular weight is 741 g/mol. The average Bonchev–Trinajstić information content (AvgIpc) is 3.39. The molecule has 1 aliphatic heterocycles. The number of benzene rings is 2. The molecule has 0 saturated heterocycles. The minimum Gasteiger partial charge on any atom is -0.748 e. The smallest absolute Gasteiger partial charge is 0.282 e. The van der Waals surface area contributed by atoms with Gasteiger partial charge in [0.15, 0.2) is 11.0 Å². The maximum Gasteiger partial charge on any atom is 0.282 e. The summed E-state index contributed by atoms with van der Waals surface area (Å²) in [7, 11) is -8.71. The van der Waals surface area contributed by atoms with E-state index in [0.717, 1.165) is 34.1 Å². The van der Waals surface area contributed by atoms with Crippen LogP contribution in [0.25, 0.3) is 17.1 Å². The summed E-state index contributed by atoms with van der Waals surface area (Å²) in [6, 6.07) is 6.96. The van der Waals surface area contributed by atoms with E-state index in [1.165, 1.54) is 13.8 Å². The number of allylic oxidation sites excluding steroid dienone is 2. The lowest BCUT2D eigenvalue weighted by molar-refractivity contribution is -0.674. The summed E-state index contributed by atoms with van der Waals surface area (Å²) in [4.78, 5) is 3.95. The SMILES string of the molecule is CCN1C(=CC=Cc2n(CC)c3cc(Cl)c(Cl)cc3[n+]2CCC(C)S(=O)(=O)[O-])N(CCC(C)S(=O)(=O)O)c2cc(Cl)c(Cl)cc21. The maximum absolute atomic E-state index is 11.8. The molecule has 2 unspecified atom stereocenters. The molecule has 4 rings (SSSR count). The lowest BCUT2D eigenvalue weighted by Crippen LogP contribution is -2.38. The Labute approximate surface area is 283 Å². The van der Waals surface area contributed by atoms with Crippen LogP contribution in [0.1, 0.15) is 46.4 Å². The van der Waals surface area contributed by atoms with Crippen LogP contribution in [-0.2, 0) is 33.3 Å². The Morgan fingerprint density at radius 3 is 2.00 bits per heavy atom. The number of hydrogen-bond donors (Lipinski definition) is 1. The van der Waals surface area contributed by atoms with E-state index in [2.05, 4.69) is 0 Å². The zero-order valence-corrected chi connectivity index (χ0v) is 29.7. The van der Waals surface area contributed by atoms with E-state index in [1.54, 1.807) is 24.3 Å². The normalized spacial score (nSPS) is 16.4. The van der Waals surface area contributed by atoms with Gasteiger partial charge < -0.3 is 14.4 Å². The lowest BCUT2D eigenvalue weighted by Gasteiger charge is -2.25. The maximum atomic E-state index is 11.8. The van der Waals surface area contributed by atoms with Crippen molar-refractivity contribution in [1.82, 2.24) is 4.57 Å². The molecule has 0 radical (unpaired) electrons. The summed E-state index contributed by atoms with van der Waals surface area (Å²) < 4.78 is 72.0. The van der Waals surface area contributed by atoms with Gasteiger partial charge in [-0.05, 0) is 52.3 Å². The predicted octanol–water partition coefficient (Wildman–Crippen LogP) is 6.75. The molecule has 16 heteroatoms. The zero-order valence-electron chi connectivity index (χ0n) is 25.0. The molecule has 0 amide bonds. The number of fused-ring (bicyclic) bond motifs is 2. The summed E-state index contributed by atoms with van der Waals surface area (Å²) in [6.45, 7) is 8.36. The van der Waals surface area contributed by atoms with Crippen molar-refractivity contribution in [2.24, 2.45) is 0 Å². The fourth-order valence-electron chi connectivity index (χ4n) is 5.33. The van der Waals surface area contributed by atoms with Crippen molar-refractivity contribution in [1.29, 1.82) is 0 Å². The number of halogens is 4. The summed E-state index contributed by atoms with van der Waals surface area (Å²) >= 11 is 25.5. The molecule has 246 valence electrons. The number of imidazole rings is 1. The second kappa shape index (κ2) is 14.0. The minimum atomic E-state index is -4.48. The first-order chi connectivity index (χ1) is 21.0. The lowest BCUT2D eigenvalue weighted by atomic mass is 10.2. The van der Waals surface area contributed by atoms with Crippen molar-refractivity contribution in [2.45, 2.75) is 64.1 Å². The molecule has 3 aromatic rings. The van der Waals surface area contributed by atoms with Crippen LogP contribution in [-0.4, -0.2) is 54.1 Å². The highest BCUT2D eigenvalue weighted by Gasteiger charge is 2.32. The number of aromatic nitrogens is 2. The highest BCUT2D eigenvalue weighted by atomic mass is 35.5. The van der Waals surface area contributed by atoms with E-state index in [0.29, 0.717) is 33.2 Å². The van der Waals surface area contributed by atoms with Crippen LogP contribution in [0.15, 0.2) is 42.2 Å². The van der Waals surface area contributed by atoms with E-state index in [-0.39, 0.29) is 25.9 Å². The van der Waals surface area contributed by atoms with Crippen molar-refractivity contribution in [3.05, 3.63) is 68.2 Å². The van der Waals surface area contributed by atoms with Gasteiger partial charge in [-0.15, -0.1) is 0 Å². The molecule has 2 atom stereocenters. The summed E-state index contributed by atoms with van der Waals surface area (Å²) in [5, 5.41) is -0.671. The van der Waals surface area contributed by atoms with Gasteiger partial charge in [-0.3, -0.25) is 4.55 Å². The molecule has 0 spiro atoms. The molecule has 1 aliphatic rings. The van der Waals surface area contributed by atoms with Gasteiger partial charge >= 0.3 is 0 Å². The number of nitrogens with zero attached hydrogens (tertiary/aromatic N) is 4. The quantitative estimate of drug-likeness (QED) is 0.160. The molecule has 2 aromatic carbocycles. The van der Waals surface area contributed by atoms with E-state index in [4.69, 9.17) is 46.4 Å². The molecule has 0 aliphatic carbocycles. The molecule has 2 heterocycles. The van der Waals surface area contributed by atoms with Crippen LogP contribution in [0.2, 0.25) is 20.1 Å². The second-order valence-corrected chi connectivity index (χ2v) is 16.0. The number of anilines is 2. The predicted molar refractivity (Wildman–Crippen MR) is 181 cm³/mol. The van der Waals surface area contributed by atoms with Crippen molar-refractivity contribution in [2.75, 3.05) is 22.9 Å². The third-order valence-electron chi connectivity index (χ3n) is 7.95. The number of hydrogen-bond acceptors (Lipinski definition) is 7. The Kier molecular flexibility index (Phi) is 11.1. The molecular formula is C29H34Cl4N4O6S2. The molecule has 0 bridgehead atoms. The first-order valence-corrected chi connectivity index (χ1v) is 18.7. The van der Waals surface area contributed by atoms with Gasteiger partial charge in [0.1, 0.15) is 5.82 Å². The molecule has 0 saturated carbocycles. The molecule has 0 fully saturated rings. The molecular weight excluding hydrogens is 706 g/mol. The summed E-state index contributed by atoms with van der Waals surface area (Å²) in [5.74, 6) is 1.45. The van der Waals surface area contributed by atoms with Gasteiger partial charge in [0.2, 0.25) is 0 Å². The number of aryl methyl sites for hydroxylation is 2. The first-order valence-electron chi connectivity index (χ1n) is 14.2. The van der Waals surface area contributed by atoms with Gasteiger partial charge in [-0.25, -0.2) is 17.6 Å². The molecule has 45 heavy (non-hydrogen) atoms.